The van der Waals surface area contributed by atoms with E-state index in [1.54, 1.807) is 12.4 Å². The van der Waals surface area contributed by atoms with Gasteiger partial charge in [0, 0.05) is 18.0 Å². The summed E-state index contributed by atoms with van der Waals surface area (Å²) in [6.07, 6.45) is 13.3. The van der Waals surface area contributed by atoms with E-state index in [9.17, 15) is 9.18 Å². The number of carboxylic acids is 1. The summed E-state index contributed by atoms with van der Waals surface area (Å²) in [6, 6.07) is 3.93. The summed E-state index contributed by atoms with van der Waals surface area (Å²) in [6.45, 7) is 2.22. The molecule has 0 saturated heterocycles. The summed E-state index contributed by atoms with van der Waals surface area (Å²) in [5, 5.41) is 8.86. The van der Waals surface area contributed by atoms with Gasteiger partial charge in [-0.1, -0.05) is 51.5 Å². The normalized spacial score (nSPS) is 10.8. The molecule has 1 heterocycles. The van der Waals surface area contributed by atoms with Crippen molar-refractivity contribution in [3.8, 4) is 11.4 Å². The molecule has 4 nitrogen and oxygen atoms in total. The summed E-state index contributed by atoms with van der Waals surface area (Å²) in [5.41, 5.74) is 1.20. The number of aromatic nitrogens is 2. The first-order chi connectivity index (χ1) is 12.1. The number of aromatic carboxylic acids is 1. The van der Waals surface area contributed by atoms with E-state index >= 15 is 0 Å². The topological polar surface area (TPSA) is 63.1 Å². The highest BCUT2D eigenvalue weighted by atomic mass is 19.1. The Morgan fingerprint density at radius 1 is 1.04 bits per heavy atom. The lowest BCUT2D eigenvalue weighted by Crippen LogP contribution is -2.01. The van der Waals surface area contributed by atoms with E-state index in [0.717, 1.165) is 24.5 Å². The average Bonchev–Trinajstić information content (AvgIpc) is 2.61. The highest BCUT2D eigenvalue weighted by molar-refractivity contribution is 5.88. The Morgan fingerprint density at radius 2 is 1.68 bits per heavy atom. The van der Waals surface area contributed by atoms with Crippen molar-refractivity contribution in [3.05, 3.63) is 47.5 Å². The molecule has 0 aliphatic carbocycles. The molecule has 0 spiro atoms. The van der Waals surface area contributed by atoms with E-state index in [1.165, 1.54) is 50.7 Å². The Balaban J connectivity index is 1.85. The van der Waals surface area contributed by atoms with Crippen molar-refractivity contribution in [2.75, 3.05) is 0 Å². The van der Waals surface area contributed by atoms with Crippen LogP contribution in [0.2, 0.25) is 0 Å². The number of rotatable bonds is 10. The lowest BCUT2D eigenvalue weighted by Gasteiger charge is -2.05. The lowest BCUT2D eigenvalue weighted by atomic mass is 10.1. The largest absolute Gasteiger partial charge is 0.478 e. The molecule has 0 radical (unpaired) electrons. The maximum absolute atomic E-state index is 13.7. The first kappa shape index (κ1) is 19.0. The van der Waals surface area contributed by atoms with Gasteiger partial charge in [-0.15, -0.1) is 0 Å². The Morgan fingerprint density at radius 3 is 2.28 bits per heavy atom. The van der Waals surface area contributed by atoms with Crippen molar-refractivity contribution in [1.29, 1.82) is 0 Å². The van der Waals surface area contributed by atoms with E-state index in [4.69, 9.17) is 5.11 Å². The summed E-state index contributed by atoms with van der Waals surface area (Å²) >= 11 is 0. The number of hydrogen-bond acceptors (Lipinski definition) is 3. The molecule has 0 atom stereocenters. The Bertz CT molecular complexity index is 687. The summed E-state index contributed by atoms with van der Waals surface area (Å²) in [4.78, 5) is 19.4. The van der Waals surface area contributed by atoms with Crippen molar-refractivity contribution in [3.63, 3.8) is 0 Å². The van der Waals surface area contributed by atoms with Gasteiger partial charge in [-0.05, 0) is 30.5 Å². The molecule has 134 valence electrons. The van der Waals surface area contributed by atoms with E-state index in [-0.39, 0.29) is 5.56 Å². The molecular formula is C20H25FN2O2. The van der Waals surface area contributed by atoms with Gasteiger partial charge in [0.1, 0.15) is 5.82 Å². The van der Waals surface area contributed by atoms with Crippen molar-refractivity contribution in [2.24, 2.45) is 0 Å². The molecule has 2 aromatic rings. The molecular weight excluding hydrogens is 319 g/mol. The fourth-order valence-corrected chi connectivity index (χ4v) is 2.75. The minimum atomic E-state index is -1.28. The van der Waals surface area contributed by atoms with Gasteiger partial charge in [0.05, 0.1) is 5.56 Å². The number of carboxylic acid groups (broad SMARTS) is 1. The van der Waals surface area contributed by atoms with Crippen molar-refractivity contribution >= 4 is 5.97 Å². The number of unbranched alkanes of at least 4 members (excludes halogenated alkanes) is 6. The lowest BCUT2D eigenvalue weighted by molar-refractivity contribution is 0.0692. The molecule has 2 rings (SSSR count). The quantitative estimate of drug-likeness (QED) is 0.596. The van der Waals surface area contributed by atoms with Gasteiger partial charge in [0.15, 0.2) is 5.82 Å². The van der Waals surface area contributed by atoms with Gasteiger partial charge in [0.25, 0.3) is 0 Å². The fraction of sp³-hybridized carbons (Fsp3) is 0.450. The standard InChI is InChI=1S/C20H25FN2O2/c1-2-3-4-5-6-7-8-9-15-13-22-19(23-14-15)16-10-11-17(20(24)25)18(21)12-16/h10-14H,2-9H2,1H3,(H,24,25). The van der Waals surface area contributed by atoms with Crippen molar-refractivity contribution in [2.45, 2.75) is 58.3 Å². The summed E-state index contributed by atoms with van der Waals surface area (Å²) < 4.78 is 13.7. The molecule has 0 aliphatic heterocycles. The van der Waals surface area contributed by atoms with Crippen LogP contribution in [0.15, 0.2) is 30.6 Å². The van der Waals surface area contributed by atoms with Crippen LogP contribution in [0.25, 0.3) is 11.4 Å². The molecule has 1 N–H and O–H groups in total. The molecule has 0 bridgehead atoms. The molecule has 0 fully saturated rings. The predicted molar refractivity (Wildman–Crippen MR) is 96.1 cm³/mol. The van der Waals surface area contributed by atoms with Gasteiger partial charge >= 0.3 is 5.97 Å². The number of benzene rings is 1. The van der Waals surface area contributed by atoms with Crippen LogP contribution < -0.4 is 0 Å². The first-order valence-electron chi connectivity index (χ1n) is 8.96. The van der Waals surface area contributed by atoms with Crippen molar-refractivity contribution < 1.29 is 14.3 Å². The van der Waals surface area contributed by atoms with Crippen LogP contribution in [0.3, 0.4) is 0 Å². The van der Waals surface area contributed by atoms with Gasteiger partial charge < -0.3 is 5.11 Å². The molecule has 1 aromatic carbocycles. The molecule has 0 unspecified atom stereocenters. The highest BCUT2D eigenvalue weighted by Gasteiger charge is 2.12. The minimum absolute atomic E-state index is 0.348. The molecule has 5 heteroatoms. The van der Waals surface area contributed by atoms with E-state index in [0.29, 0.717) is 11.4 Å². The fourth-order valence-electron chi connectivity index (χ4n) is 2.75. The van der Waals surface area contributed by atoms with E-state index < -0.39 is 11.8 Å². The summed E-state index contributed by atoms with van der Waals surface area (Å²) in [7, 11) is 0. The van der Waals surface area contributed by atoms with Gasteiger partial charge in [-0.25, -0.2) is 19.2 Å². The molecule has 1 aromatic heterocycles. The van der Waals surface area contributed by atoms with Gasteiger partial charge in [-0.3, -0.25) is 0 Å². The Hall–Kier alpha value is -2.30. The Kier molecular flexibility index (Phi) is 7.51. The molecule has 0 amide bonds. The first-order valence-corrected chi connectivity index (χ1v) is 8.96. The van der Waals surface area contributed by atoms with Crippen LogP contribution in [0.1, 0.15) is 67.8 Å². The second kappa shape index (κ2) is 9.87. The van der Waals surface area contributed by atoms with E-state index in [2.05, 4.69) is 16.9 Å². The third-order valence-corrected chi connectivity index (χ3v) is 4.23. The number of hydrogen-bond donors (Lipinski definition) is 1. The zero-order valence-electron chi connectivity index (χ0n) is 14.7. The predicted octanol–water partition coefficient (Wildman–Crippen LogP) is 5.27. The second-order valence-corrected chi connectivity index (χ2v) is 6.29. The smallest absolute Gasteiger partial charge is 0.338 e. The number of nitrogens with zero attached hydrogens (tertiary/aromatic N) is 2. The molecule has 0 aliphatic rings. The minimum Gasteiger partial charge on any atom is -0.478 e. The molecule has 25 heavy (non-hydrogen) atoms. The molecule has 0 saturated carbocycles. The van der Waals surface area contributed by atoms with Crippen LogP contribution in [-0.2, 0) is 6.42 Å². The average molecular weight is 344 g/mol. The van der Waals surface area contributed by atoms with E-state index in [1.807, 2.05) is 0 Å². The van der Waals surface area contributed by atoms with Crippen LogP contribution in [-0.4, -0.2) is 21.0 Å². The number of carbonyl (C=O) groups is 1. The highest BCUT2D eigenvalue weighted by Crippen LogP contribution is 2.19. The van der Waals surface area contributed by atoms with Gasteiger partial charge in [-0.2, -0.15) is 0 Å². The maximum atomic E-state index is 13.7. The monoisotopic (exact) mass is 344 g/mol. The summed E-state index contributed by atoms with van der Waals surface area (Å²) in [5.74, 6) is -1.66. The third kappa shape index (κ3) is 5.93. The third-order valence-electron chi connectivity index (χ3n) is 4.23. The second-order valence-electron chi connectivity index (χ2n) is 6.29. The Labute approximate surface area is 148 Å². The zero-order chi connectivity index (χ0) is 18.1. The maximum Gasteiger partial charge on any atom is 0.338 e. The van der Waals surface area contributed by atoms with Crippen molar-refractivity contribution in [1.82, 2.24) is 9.97 Å². The van der Waals surface area contributed by atoms with Crippen LogP contribution in [0.5, 0.6) is 0 Å². The number of halogens is 1. The SMILES string of the molecule is CCCCCCCCCc1cnc(-c2ccc(C(=O)O)c(F)c2)nc1. The van der Waals surface area contributed by atoms with Gasteiger partial charge in [0.2, 0.25) is 0 Å². The van der Waals surface area contributed by atoms with Crippen LogP contribution in [0.4, 0.5) is 4.39 Å². The van der Waals surface area contributed by atoms with Crippen LogP contribution >= 0.6 is 0 Å². The zero-order valence-corrected chi connectivity index (χ0v) is 14.7. The number of aryl methyl sites for hydroxylation is 1. The van der Waals surface area contributed by atoms with Crippen LogP contribution in [0, 0.1) is 5.82 Å².